The smallest absolute Gasteiger partial charge is 0.167 e. The first-order valence-corrected chi connectivity index (χ1v) is 11.7. The highest BCUT2D eigenvalue weighted by Crippen LogP contribution is 2.44. The van der Waals surface area contributed by atoms with Crippen molar-refractivity contribution in [2.45, 2.75) is 28.9 Å². The third-order valence-electron chi connectivity index (χ3n) is 5.94. The van der Waals surface area contributed by atoms with Crippen molar-refractivity contribution < 1.29 is 13.9 Å². The van der Waals surface area contributed by atoms with Gasteiger partial charge in [-0.3, -0.25) is 4.79 Å². The van der Waals surface area contributed by atoms with Crippen LogP contribution in [0.2, 0.25) is 0 Å². The van der Waals surface area contributed by atoms with E-state index in [2.05, 4.69) is 36.4 Å². The molecular formula is C28H24O3S. The first-order chi connectivity index (χ1) is 15.7. The quantitative estimate of drug-likeness (QED) is 0.300. The number of ketones is 1. The summed E-state index contributed by atoms with van der Waals surface area (Å²) in [5.74, 6) is 2.79. The molecule has 0 N–H and O–H groups in total. The number of methoxy groups -OCH3 is 1. The van der Waals surface area contributed by atoms with Gasteiger partial charge in [-0.05, 0) is 47.4 Å². The Morgan fingerprint density at radius 2 is 1.59 bits per heavy atom. The number of furan rings is 1. The lowest BCUT2D eigenvalue weighted by Crippen LogP contribution is -2.17. The van der Waals surface area contributed by atoms with E-state index in [1.165, 1.54) is 5.56 Å². The summed E-state index contributed by atoms with van der Waals surface area (Å²) in [7, 11) is 1.67. The monoisotopic (exact) mass is 440 g/mol. The number of rotatable bonds is 6. The normalized spacial score (nSPS) is 16.4. The summed E-state index contributed by atoms with van der Waals surface area (Å²) < 4.78 is 11.7. The zero-order valence-corrected chi connectivity index (χ0v) is 18.7. The molecule has 1 aliphatic rings. The summed E-state index contributed by atoms with van der Waals surface area (Å²) in [5.41, 5.74) is 3.08. The Morgan fingerprint density at radius 3 is 2.28 bits per heavy atom. The fourth-order valence-corrected chi connectivity index (χ4v) is 5.36. The van der Waals surface area contributed by atoms with E-state index in [0.717, 1.165) is 39.7 Å². The topological polar surface area (TPSA) is 39.4 Å². The summed E-state index contributed by atoms with van der Waals surface area (Å²) in [5, 5.41) is -0.0434. The SMILES string of the molecule is COc1ccc(SC(c2ccccc2)c2cc3c(o2)CC(c2ccccc2)CC3=O)cc1. The molecule has 4 heteroatoms. The molecule has 32 heavy (non-hydrogen) atoms. The second-order valence-corrected chi connectivity index (χ2v) is 9.19. The molecular weight excluding hydrogens is 416 g/mol. The summed E-state index contributed by atoms with van der Waals surface area (Å²) in [4.78, 5) is 14.1. The van der Waals surface area contributed by atoms with E-state index < -0.39 is 0 Å². The molecule has 0 spiro atoms. The maximum Gasteiger partial charge on any atom is 0.167 e. The van der Waals surface area contributed by atoms with E-state index in [1.54, 1.807) is 18.9 Å². The van der Waals surface area contributed by atoms with Crippen molar-refractivity contribution in [2.75, 3.05) is 7.11 Å². The minimum atomic E-state index is -0.0434. The first kappa shape index (κ1) is 20.7. The van der Waals surface area contributed by atoms with Crippen LogP contribution < -0.4 is 4.74 Å². The zero-order chi connectivity index (χ0) is 21.9. The number of thioether (sulfide) groups is 1. The molecule has 0 saturated heterocycles. The molecule has 2 unspecified atom stereocenters. The van der Waals surface area contributed by atoms with Gasteiger partial charge in [0.1, 0.15) is 17.3 Å². The summed E-state index contributed by atoms with van der Waals surface area (Å²) in [6.07, 6.45) is 1.28. The third-order valence-corrected chi connectivity index (χ3v) is 7.22. The van der Waals surface area contributed by atoms with Crippen LogP contribution in [0.25, 0.3) is 0 Å². The molecule has 160 valence electrons. The van der Waals surface area contributed by atoms with E-state index in [1.807, 2.05) is 54.6 Å². The standard InChI is InChI=1S/C28H24O3S/c1-30-22-12-14-23(15-13-22)32-28(20-10-6-3-7-11-20)27-18-24-25(29)16-21(17-26(24)31-27)19-8-4-2-5-9-19/h2-15,18,21,28H,16-17H2,1H3. The fourth-order valence-electron chi connectivity index (χ4n) is 4.27. The molecule has 0 amide bonds. The lowest BCUT2D eigenvalue weighted by molar-refractivity contribution is 0.0960. The molecule has 0 bridgehead atoms. The minimum Gasteiger partial charge on any atom is -0.497 e. The Hall–Kier alpha value is -3.24. The van der Waals surface area contributed by atoms with Gasteiger partial charge in [-0.2, -0.15) is 0 Å². The molecule has 1 aliphatic carbocycles. The maximum absolute atomic E-state index is 13.0. The summed E-state index contributed by atoms with van der Waals surface area (Å²) in [6.45, 7) is 0. The minimum absolute atomic E-state index is 0.0434. The van der Waals surface area contributed by atoms with Crippen molar-refractivity contribution in [3.8, 4) is 5.75 Å². The molecule has 2 atom stereocenters. The number of carbonyl (C=O) groups excluding carboxylic acids is 1. The predicted octanol–water partition coefficient (Wildman–Crippen LogP) is 7.08. The molecule has 0 fully saturated rings. The van der Waals surface area contributed by atoms with Crippen LogP contribution in [-0.4, -0.2) is 12.9 Å². The van der Waals surface area contributed by atoms with E-state index in [9.17, 15) is 4.79 Å². The average molecular weight is 441 g/mol. The van der Waals surface area contributed by atoms with Crippen molar-refractivity contribution in [2.24, 2.45) is 0 Å². The molecule has 4 aromatic rings. The van der Waals surface area contributed by atoms with Crippen LogP contribution in [0.15, 0.2) is 100 Å². The van der Waals surface area contributed by atoms with Gasteiger partial charge in [0.2, 0.25) is 0 Å². The second kappa shape index (κ2) is 9.09. The van der Waals surface area contributed by atoms with Gasteiger partial charge >= 0.3 is 0 Å². The lowest BCUT2D eigenvalue weighted by atomic mass is 9.83. The Kier molecular flexibility index (Phi) is 5.87. The number of fused-ring (bicyclic) bond motifs is 1. The zero-order valence-electron chi connectivity index (χ0n) is 17.9. The van der Waals surface area contributed by atoms with Crippen LogP contribution in [0.3, 0.4) is 0 Å². The molecule has 0 saturated carbocycles. The first-order valence-electron chi connectivity index (χ1n) is 10.8. The lowest BCUT2D eigenvalue weighted by Gasteiger charge is -2.20. The number of carbonyl (C=O) groups is 1. The largest absolute Gasteiger partial charge is 0.497 e. The summed E-state index contributed by atoms with van der Waals surface area (Å²) >= 11 is 1.72. The van der Waals surface area contributed by atoms with Crippen LogP contribution in [-0.2, 0) is 6.42 Å². The van der Waals surface area contributed by atoms with Crippen molar-refractivity contribution >= 4 is 17.5 Å². The van der Waals surface area contributed by atoms with Crippen LogP contribution in [0.4, 0.5) is 0 Å². The van der Waals surface area contributed by atoms with Crippen LogP contribution in [0.5, 0.6) is 5.75 Å². The predicted molar refractivity (Wildman–Crippen MR) is 128 cm³/mol. The van der Waals surface area contributed by atoms with Crippen LogP contribution in [0.1, 0.15) is 50.6 Å². The van der Waals surface area contributed by atoms with Gasteiger partial charge in [0.05, 0.1) is 17.9 Å². The molecule has 0 radical (unpaired) electrons. The van der Waals surface area contributed by atoms with Gasteiger partial charge < -0.3 is 9.15 Å². The summed E-state index contributed by atoms with van der Waals surface area (Å²) in [6, 6.07) is 30.6. The van der Waals surface area contributed by atoms with Gasteiger partial charge in [0.25, 0.3) is 0 Å². The van der Waals surface area contributed by atoms with Gasteiger partial charge in [0, 0.05) is 17.7 Å². The van der Waals surface area contributed by atoms with Crippen molar-refractivity contribution in [3.05, 3.63) is 119 Å². The highest BCUT2D eigenvalue weighted by Gasteiger charge is 2.32. The highest BCUT2D eigenvalue weighted by molar-refractivity contribution is 7.99. The number of hydrogen-bond donors (Lipinski definition) is 0. The fraction of sp³-hybridized carbons (Fsp3) is 0.179. The Balaban J connectivity index is 1.48. The number of hydrogen-bond acceptors (Lipinski definition) is 4. The van der Waals surface area contributed by atoms with E-state index in [4.69, 9.17) is 9.15 Å². The molecule has 1 aromatic heterocycles. The van der Waals surface area contributed by atoms with Crippen molar-refractivity contribution in [3.63, 3.8) is 0 Å². The van der Waals surface area contributed by atoms with Crippen molar-refractivity contribution in [1.29, 1.82) is 0 Å². The van der Waals surface area contributed by atoms with E-state index in [0.29, 0.717) is 6.42 Å². The highest BCUT2D eigenvalue weighted by atomic mass is 32.2. The van der Waals surface area contributed by atoms with Gasteiger partial charge in [-0.15, -0.1) is 11.8 Å². The Morgan fingerprint density at radius 1 is 0.906 bits per heavy atom. The number of ether oxygens (including phenoxy) is 1. The molecule has 5 rings (SSSR count). The van der Waals surface area contributed by atoms with Crippen molar-refractivity contribution in [1.82, 2.24) is 0 Å². The second-order valence-electron chi connectivity index (χ2n) is 8.01. The third kappa shape index (κ3) is 4.23. The number of benzene rings is 3. The van der Waals surface area contributed by atoms with Gasteiger partial charge in [0.15, 0.2) is 5.78 Å². The van der Waals surface area contributed by atoms with Crippen LogP contribution in [0, 0.1) is 0 Å². The molecule has 3 aromatic carbocycles. The number of Topliss-reactive ketones (excluding diaryl/α,β-unsaturated/α-hetero) is 1. The molecule has 3 nitrogen and oxygen atoms in total. The Bertz CT molecular complexity index is 1200. The van der Waals surface area contributed by atoms with E-state index in [-0.39, 0.29) is 17.0 Å². The molecule has 1 heterocycles. The van der Waals surface area contributed by atoms with Crippen LogP contribution >= 0.6 is 11.8 Å². The molecule has 0 aliphatic heterocycles. The van der Waals surface area contributed by atoms with Gasteiger partial charge in [-0.25, -0.2) is 0 Å². The van der Waals surface area contributed by atoms with E-state index >= 15 is 0 Å². The maximum atomic E-state index is 13.0. The average Bonchev–Trinajstić information content (AvgIpc) is 3.28. The Labute approximate surface area is 192 Å². The van der Waals surface area contributed by atoms with Gasteiger partial charge in [-0.1, -0.05) is 60.7 Å².